The van der Waals surface area contributed by atoms with Gasteiger partial charge in [-0.05, 0) is 12.0 Å². The molecule has 1 atom stereocenters. The van der Waals surface area contributed by atoms with E-state index < -0.39 is 5.54 Å². The number of nitrogens with zero attached hydrogens (tertiary/aromatic N) is 2. The van der Waals surface area contributed by atoms with Crippen LogP contribution in [0.5, 0.6) is 0 Å². The summed E-state index contributed by atoms with van der Waals surface area (Å²) in [5, 5.41) is 9.11. The lowest BCUT2D eigenvalue weighted by atomic mass is 10.1. The van der Waals surface area contributed by atoms with Gasteiger partial charge in [0.2, 0.25) is 0 Å². The fourth-order valence-corrected chi connectivity index (χ4v) is 1.76. The van der Waals surface area contributed by atoms with E-state index in [0.717, 1.165) is 12.0 Å². The molecular weight excluding hydrogens is 184 g/mol. The van der Waals surface area contributed by atoms with E-state index in [9.17, 15) is 0 Å². The summed E-state index contributed by atoms with van der Waals surface area (Å²) in [7, 11) is 0. The maximum absolute atomic E-state index is 9.11. The summed E-state index contributed by atoms with van der Waals surface area (Å²) >= 11 is 0. The van der Waals surface area contributed by atoms with Gasteiger partial charge < -0.3 is 0 Å². The third-order valence-electron chi connectivity index (χ3n) is 3.11. The standard InChI is InChI=1S/C13H14N2/c1-12(2)9-13(12,10-14)15-8-11-6-4-3-5-7-11/h3-8H,9H2,1-2H3. The number of benzene rings is 1. The smallest absolute Gasteiger partial charge is 0.152 e. The van der Waals surface area contributed by atoms with E-state index in [-0.39, 0.29) is 5.41 Å². The van der Waals surface area contributed by atoms with Gasteiger partial charge in [-0.1, -0.05) is 44.2 Å². The third kappa shape index (κ3) is 1.66. The van der Waals surface area contributed by atoms with Crippen molar-refractivity contribution >= 4 is 6.21 Å². The Balaban J connectivity index is 2.18. The van der Waals surface area contributed by atoms with E-state index in [2.05, 4.69) is 24.9 Å². The first kappa shape index (κ1) is 9.92. The third-order valence-corrected chi connectivity index (χ3v) is 3.11. The summed E-state index contributed by atoms with van der Waals surface area (Å²) in [5.74, 6) is 0. The van der Waals surface area contributed by atoms with Crippen LogP contribution in [0, 0.1) is 16.7 Å². The van der Waals surface area contributed by atoms with Gasteiger partial charge in [-0.25, -0.2) is 0 Å². The van der Waals surface area contributed by atoms with Gasteiger partial charge in [0, 0.05) is 11.6 Å². The van der Waals surface area contributed by atoms with Crippen molar-refractivity contribution < 1.29 is 0 Å². The van der Waals surface area contributed by atoms with Crippen molar-refractivity contribution in [3.63, 3.8) is 0 Å². The molecule has 0 bridgehead atoms. The van der Waals surface area contributed by atoms with Crippen molar-refractivity contribution in [2.24, 2.45) is 10.4 Å². The first-order valence-electron chi connectivity index (χ1n) is 5.11. The van der Waals surface area contributed by atoms with Gasteiger partial charge in [0.25, 0.3) is 0 Å². The van der Waals surface area contributed by atoms with E-state index >= 15 is 0 Å². The lowest BCUT2D eigenvalue weighted by Gasteiger charge is -2.05. The normalized spacial score (nSPS) is 27.5. The van der Waals surface area contributed by atoms with Crippen LogP contribution in [0.2, 0.25) is 0 Å². The number of hydrogen-bond acceptors (Lipinski definition) is 2. The molecule has 1 fully saturated rings. The first-order chi connectivity index (χ1) is 7.10. The van der Waals surface area contributed by atoms with Gasteiger partial charge in [-0.2, -0.15) is 5.26 Å². The largest absolute Gasteiger partial charge is 0.270 e. The van der Waals surface area contributed by atoms with Crippen molar-refractivity contribution in [3.8, 4) is 6.07 Å². The van der Waals surface area contributed by atoms with Crippen LogP contribution >= 0.6 is 0 Å². The highest BCUT2D eigenvalue weighted by atomic mass is 15.0. The van der Waals surface area contributed by atoms with Crippen molar-refractivity contribution in [3.05, 3.63) is 35.9 Å². The molecule has 0 saturated heterocycles. The van der Waals surface area contributed by atoms with Crippen LogP contribution < -0.4 is 0 Å². The Bertz CT molecular complexity index is 426. The highest BCUT2D eigenvalue weighted by Crippen LogP contribution is 2.57. The summed E-state index contributed by atoms with van der Waals surface area (Å²) < 4.78 is 0. The fourth-order valence-electron chi connectivity index (χ4n) is 1.76. The highest BCUT2D eigenvalue weighted by Gasteiger charge is 2.62. The molecule has 2 nitrogen and oxygen atoms in total. The zero-order chi connectivity index (χ0) is 10.9. The minimum Gasteiger partial charge on any atom is -0.270 e. The van der Waals surface area contributed by atoms with Crippen molar-refractivity contribution in [1.82, 2.24) is 0 Å². The molecule has 2 rings (SSSR count). The SMILES string of the molecule is CC1(C)CC1(C#N)N=Cc1ccccc1. The maximum atomic E-state index is 9.11. The minimum atomic E-state index is -0.483. The molecule has 0 spiro atoms. The van der Waals surface area contributed by atoms with Crippen LogP contribution in [-0.2, 0) is 0 Å². The van der Waals surface area contributed by atoms with Gasteiger partial charge in [0.1, 0.15) is 0 Å². The van der Waals surface area contributed by atoms with Gasteiger partial charge in [-0.15, -0.1) is 0 Å². The lowest BCUT2D eigenvalue weighted by molar-refractivity contribution is 0.569. The molecule has 1 aliphatic rings. The van der Waals surface area contributed by atoms with E-state index in [4.69, 9.17) is 5.26 Å². The predicted octanol–water partition coefficient (Wildman–Crippen LogP) is 2.80. The Morgan fingerprint density at radius 1 is 1.33 bits per heavy atom. The molecule has 1 saturated carbocycles. The summed E-state index contributed by atoms with van der Waals surface area (Å²) in [5.41, 5.74) is 0.602. The molecule has 15 heavy (non-hydrogen) atoms. The summed E-state index contributed by atoms with van der Waals surface area (Å²) in [6, 6.07) is 12.2. The van der Waals surface area contributed by atoms with Crippen LogP contribution in [0.3, 0.4) is 0 Å². The van der Waals surface area contributed by atoms with Crippen LogP contribution in [0.15, 0.2) is 35.3 Å². The molecule has 1 unspecified atom stereocenters. The molecule has 0 aromatic heterocycles. The van der Waals surface area contributed by atoms with Crippen LogP contribution in [0.25, 0.3) is 0 Å². The van der Waals surface area contributed by atoms with Gasteiger partial charge in [-0.3, -0.25) is 4.99 Å². The number of rotatable bonds is 2. The molecule has 0 heterocycles. The molecule has 2 heteroatoms. The number of aliphatic imine (C=N–C) groups is 1. The maximum Gasteiger partial charge on any atom is 0.152 e. The molecule has 0 amide bonds. The van der Waals surface area contributed by atoms with Gasteiger partial charge >= 0.3 is 0 Å². The first-order valence-corrected chi connectivity index (χ1v) is 5.11. The Hall–Kier alpha value is -1.62. The second-order valence-electron chi connectivity index (χ2n) is 4.70. The summed E-state index contributed by atoms with van der Waals surface area (Å²) in [4.78, 5) is 4.42. The monoisotopic (exact) mass is 198 g/mol. The van der Waals surface area contributed by atoms with Gasteiger partial charge in [0.15, 0.2) is 5.54 Å². The number of nitriles is 1. The quantitative estimate of drug-likeness (QED) is 0.673. The van der Waals surface area contributed by atoms with E-state index in [1.807, 2.05) is 30.3 Å². The van der Waals surface area contributed by atoms with Crippen LogP contribution in [-0.4, -0.2) is 11.8 Å². The summed E-state index contributed by atoms with van der Waals surface area (Å²) in [6.07, 6.45) is 2.66. The predicted molar refractivity (Wildman–Crippen MR) is 60.8 cm³/mol. The summed E-state index contributed by atoms with van der Waals surface area (Å²) in [6.45, 7) is 4.16. The van der Waals surface area contributed by atoms with Crippen molar-refractivity contribution in [2.45, 2.75) is 25.8 Å². The molecule has 0 radical (unpaired) electrons. The lowest BCUT2D eigenvalue weighted by Crippen LogP contribution is -2.10. The van der Waals surface area contributed by atoms with Crippen molar-refractivity contribution in [1.29, 1.82) is 5.26 Å². The van der Waals surface area contributed by atoms with E-state index in [1.165, 1.54) is 0 Å². The molecule has 1 aliphatic carbocycles. The van der Waals surface area contributed by atoms with E-state index in [1.54, 1.807) is 6.21 Å². The Labute approximate surface area is 90.3 Å². The van der Waals surface area contributed by atoms with Crippen LogP contribution in [0.1, 0.15) is 25.8 Å². The van der Waals surface area contributed by atoms with Gasteiger partial charge in [0.05, 0.1) is 6.07 Å². The Morgan fingerprint density at radius 3 is 2.40 bits per heavy atom. The molecular formula is C13H14N2. The topological polar surface area (TPSA) is 36.1 Å². The fraction of sp³-hybridized carbons (Fsp3) is 0.385. The molecule has 0 N–H and O–H groups in total. The average Bonchev–Trinajstić information content (AvgIpc) is 2.80. The zero-order valence-corrected chi connectivity index (χ0v) is 9.07. The van der Waals surface area contributed by atoms with E-state index in [0.29, 0.717) is 0 Å². The molecule has 0 aliphatic heterocycles. The Morgan fingerprint density at radius 2 is 1.93 bits per heavy atom. The Kier molecular flexibility index (Phi) is 2.12. The number of hydrogen-bond donors (Lipinski definition) is 0. The molecule has 1 aromatic carbocycles. The second kappa shape index (κ2) is 3.20. The minimum absolute atomic E-state index is 0.0348. The molecule has 1 aromatic rings. The second-order valence-corrected chi connectivity index (χ2v) is 4.70. The van der Waals surface area contributed by atoms with Crippen LogP contribution in [0.4, 0.5) is 0 Å². The zero-order valence-electron chi connectivity index (χ0n) is 9.07. The average molecular weight is 198 g/mol. The highest BCUT2D eigenvalue weighted by molar-refractivity contribution is 5.80. The molecule has 76 valence electrons. The van der Waals surface area contributed by atoms with Crippen molar-refractivity contribution in [2.75, 3.05) is 0 Å².